The summed E-state index contributed by atoms with van der Waals surface area (Å²) < 4.78 is 33.9. The molecule has 0 bridgehead atoms. The summed E-state index contributed by atoms with van der Waals surface area (Å²) in [5.41, 5.74) is 0. The van der Waals surface area contributed by atoms with Crippen molar-refractivity contribution in [3.8, 4) is 0 Å². The highest BCUT2D eigenvalue weighted by atomic mass is 31.2. The number of unbranched alkanes of at least 4 members (excludes halogenated alkanes) is 27. The highest BCUT2D eigenvalue weighted by Crippen LogP contribution is 2.43. The Kier molecular flexibility index (Phi) is 40.6. The van der Waals surface area contributed by atoms with Crippen molar-refractivity contribution in [1.82, 2.24) is 10.4 Å². The van der Waals surface area contributed by atoms with E-state index in [0.29, 0.717) is 43.6 Å². The van der Waals surface area contributed by atoms with Crippen molar-refractivity contribution in [2.45, 2.75) is 258 Å². The monoisotopic (exact) mass is 985 g/mol. The van der Waals surface area contributed by atoms with Crippen molar-refractivity contribution in [2.75, 3.05) is 26.4 Å². The van der Waals surface area contributed by atoms with Gasteiger partial charge in [-0.1, -0.05) is 180 Å². The zero-order valence-electron chi connectivity index (χ0n) is 42.5. The number of amides is 3. The molecule has 1 aliphatic rings. The van der Waals surface area contributed by atoms with Gasteiger partial charge >= 0.3 is 25.7 Å². The van der Waals surface area contributed by atoms with E-state index in [0.717, 1.165) is 44.9 Å². The van der Waals surface area contributed by atoms with Gasteiger partial charge in [-0.25, -0.2) is 9.36 Å². The van der Waals surface area contributed by atoms with Crippen LogP contribution in [-0.2, 0) is 56.7 Å². The topological polar surface area (TPSA) is 201 Å². The Hall–Kier alpha value is -3.13. The van der Waals surface area contributed by atoms with E-state index in [1.807, 2.05) is 12.2 Å². The van der Waals surface area contributed by atoms with E-state index in [4.69, 9.17) is 23.4 Å². The number of hydrogen-bond donors (Lipinski definition) is 2. The fraction of sp³-hybridized carbons (Fsp3) is 0.846. The van der Waals surface area contributed by atoms with Crippen molar-refractivity contribution in [3.63, 3.8) is 0 Å². The average Bonchev–Trinajstić information content (AvgIpc) is 3.63. The molecule has 2 atom stereocenters. The first-order chi connectivity index (χ1) is 33.0. The highest BCUT2D eigenvalue weighted by molar-refractivity contribution is 7.47. The Bertz CT molecular complexity index is 1410. The average molecular weight is 985 g/mol. The third kappa shape index (κ3) is 38.7. The largest absolute Gasteiger partial charge is 0.472 e. The van der Waals surface area contributed by atoms with Crippen molar-refractivity contribution >= 4 is 43.5 Å². The fourth-order valence-electron chi connectivity index (χ4n) is 7.80. The normalized spacial score (nSPS) is 14.1. The zero-order valence-corrected chi connectivity index (χ0v) is 43.4. The second kappa shape index (κ2) is 43.9. The lowest BCUT2D eigenvalue weighted by Crippen LogP contribution is -2.31. The number of esters is 2. The second-order valence-corrected chi connectivity index (χ2v) is 19.8. The van der Waals surface area contributed by atoms with Gasteiger partial charge in [0.05, 0.1) is 13.2 Å². The van der Waals surface area contributed by atoms with E-state index in [9.17, 15) is 38.2 Å². The quantitative estimate of drug-likeness (QED) is 0.0192. The number of nitrogens with one attached hydrogen (secondary N) is 1. The molecule has 16 heteroatoms. The van der Waals surface area contributed by atoms with Crippen LogP contribution in [-0.4, -0.2) is 78.1 Å². The van der Waals surface area contributed by atoms with Gasteiger partial charge in [0.2, 0.25) is 5.91 Å². The summed E-state index contributed by atoms with van der Waals surface area (Å²) in [5.74, 6) is -2.79. The molecule has 3 amide bonds. The van der Waals surface area contributed by atoms with Gasteiger partial charge < -0.3 is 24.5 Å². The predicted molar refractivity (Wildman–Crippen MR) is 265 cm³/mol. The number of ether oxygens (including phenoxy) is 2. The van der Waals surface area contributed by atoms with Gasteiger partial charge in [0.25, 0.3) is 11.8 Å². The van der Waals surface area contributed by atoms with Gasteiger partial charge in [0.1, 0.15) is 6.61 Å². The first kappa shape index (κ1) is 62.9. The van der Waals surface area contributed by atoms with Crippen LogP contribution in [0.25, 0.3) is 0 Å². The van der Waals surface area contributed by atoms with Gasteiger partial charge in [0.15, 0.2) is 6.10 Å². The lowest BCUT2D eigenvalue weighted by molar-refractivity contribution is -0.197. The van der Waals surface area contributed by atoms with Gasteiger partial charge in [-0.15, -0.1) is 5.06 Å². The molecule has 0 aromatic carbocycles. The molecule has 1 rings (SSSR count). The molecule has 0 aromatic rings. The minimum Gasteiger partial charge on any atom is -0.462 e. The van der Waals surface area contributed by atoms with Crippen LogP contribution in [0.5, 0.6) is 0 Å². The molecule has 0 saturated carbocycles. The van der Waals surface area contributed by atoms with Gasteiger partial charge in [0, 0.05) is 45.1 Å². The van der Waals surface area contributed by atoms with Crippen LogP contribution < -0.4 is 5.32 Å². The van der Waals surface area contributed by atoms with E-state index in [1.165, 1.54) is 116 Å². The van der Waals surface area contributed by atoms with Crippen LogP contribution >= 0.6 is 7.82 Å². The fourth-order valence-corrected chi connectivity index (χ4v) is 8.55. The zero-order chi connectivity index (χ0) is 49.8. The minimum absolute atomic E-state index is 0.0283. The van der Waals surface area contributed by atoms with Crippen LogP contribution in [0.15, 0.2) is 12.2 Å². The first-order valence-corrected chi connectivity index (χ1v) is 28.4. The van der Waals surface area contributed by atoms with E-state index in [2.05, 4.69) is 19.2 Å². The van der Waals surface area contributed by atoms with Crippen LogP contribution in [0.1, 0.15) is 251 Å². The maximum atomic E-state index is 12.8. The lowest BCUT2D eigenvalue weighted by atomic mass is 10.0. The molecule has 2 N–H and O–H groups in total. The molecule has 15 nitrogen and oxygen atoms in total. The Morgan fingerprint density at radius 3 is 1.49 bits per heavy atom. The van der Waals surface area contributed by atoms with E-state index < -0.39 is 50.3 Å². The van der Waals surface area contributed by atoms with Crippen LogP contribution in [0, 0.1) is 0 Å². The number of rotatable bonds is 48. The number of hydrogen-bond acceptors (Lipinski definition) is 12. The first-order valence-electron chi connectivity index (χ1n) is 26.9. The van der Waals surface area contributed by atoms with Crippen molar-refractivity contribution in [2.24, 2.45) is 0 Å². The van der Waals surface area contributed by atoms with Crippen molar-refractivity contribution in [3.05, 3.63) is 12.2 Å². The van der Waals surface area contributed by atoms with Crippen molar-refractivity contribution in [1.29, 1.82) is 0 Å². The van der Waals surface area contributed by atoms with Crippen LogP contribution in [0.4, 0.5) is 0 Å². The Morgan fingerprint density at radius 1 is 0.559 bits per heavy atom. The molecule has 1 unspecified atom stereocenters. The molecule has 1 heterocycles. The number of imide groups is 1. The molecule has 0 spiro atoms. The summed E-state index contributed by atoms with van der Waals surface area (Å²) in [6.45, 7) is 3.33. The molecule has 1 aliphatic heterocycles. The number of nitrogens with zero attached hydrogens (tertiary/aromatic N) is 1. The number of carbonyl (C=O) groups is 6. The van der Waals surface area contributed by atoms with E-state index >= 15 is 0 Å². The van der Waals surface area contributed by atoms with Gasteiger partial charge in [-0.3, -0.25) is 33.0 Å². The molecular formula is C52H93N2O13P. The number of phosphoric acid groups is 1. The number of carbonyl (C=O) groups excluding carboxylic acids is 6. The smallest absolute Gasteiger partial charge is 0.462 e. The van der Waals surface area contributed by atoms with Crippen LogP contribution in [0.3, 0.4) is 0 Å². The van der Waals surface area contributed by atoms with Gasteiger partial charge in [-0.05, 0) is 44.9 Å². The molecule has 1 saturated heterocycles. The summed E-state index contributed by atoms with van der Waals surface area (Å²) in [6.07, 6.45) is 37.8. The summed E-state index contributed by atoms with van der Waals surface area (Å²) in [7, 11) is -4.60. The summed E-state index contributed by atoms with van der Waals surface area (Å²) in [5, 5.41) is 3.19. The molecule has 0 aromatic heterocycles. The lowest BCUT2D eigenvalue weighted by Gasteiger charge is -2.20. The Balaban J connectivity index is 2.35. The summed E-state index contributed by atoms with van der Waals surface area (Å²) >= 11 is 0. The maximum Gasteiger partial charge on any atom is 0.472 e. The molecule has 394 valence electrons. The number of phosphoric ester groups is 1. The highest BCUT2D eigenvalue weighted by Gasteiger charge is 2.32. The maximum absolute atomic E-state index is 12.8. The van der Waals surface area contributed by atoms with E-state index in [1.54, 1.807) is 0 Å². The SMILES string of the molecule is CCCCCCCCCCCCCCCC(=O)OC[C@H](COP(=O)(O)OCCNC(=O)CCC/C=C/CCCCC(=O)ON1C(=O)CCC1=O)OC(=O)CCCCCCCCCCCCCCC. The summed E-state index contributed by atoms with van der Waals surface area (Å²) in [6, 6.07) is 0. The summed E-state index contributed by atoms with van der Waals surface area (Å²) in [4.78, 5) is 87.8. The molecule has 68 heavy (non-hydrogen) atoms. The third-order valence-electron chi connectivity index (χ3n) is 11.9. The third-order valence-corrected chi connectivity index (χ3v) is 12.9. The molecular weight excluding hydrogens is 892 g/mol. The molecule has 1 fully saturated rings. The number of hydroxylamine groups is 2. The Labute approximate surface area is 410 Å². The Morgan fingerprint density at radius 2 is 0.985 bits per heavy atom. The second-order valence-electron chi connectivity index (χ2n) is 18.4. The van der Waals surface area contributed by atoms with Crippen LogP contribution in [0.2, 0.25) is 0 Å². The molecule has 0 radical (unpaired) electrons. The van der Waals surface area contributed by atoms with Gasteiger partial charge in [-0.2, -0.15) is 0 Å². The number of allylic oxidation sites excluding steroid dienone is 2. The van der Waals surface area contributed by atoms with Crippen molar-refractivity contribution < 1.29 is 61.6 Å². The predicted octanol–water partition coefficient (Wildman–Crippen LogP) is 12.5. The standard InChI is InChI=1S/C52H93N2O13P/c1-3-5-7-9-11-13-15-17-19-21-25-29-33-37-50(58)63-44-46(66-51(59)38-34-30-26-22-20-18-16-14-12-10-8-6-4-2)45-65-68(61,62)64-43-42-53-47(55)36-32-28-24-23-27-31-35-39-52(60)67-54-48(56)40-41-49(54)57/h23-24,46H,3-22,25-45H2,1-2H3,(H,53,55)(H,61,62)/b24-23+/t46-/m1/s1. The molecule has 0 aliphatic carbocycles. The van der Waals surface area contributed by atoms with E-state index in [-0.39, 0.29) is 64.2 Å². The minimum atomic E-state index is -4.60.